The van der Waals surface area contributed by atoms with Crippen LogP contribution in [0.1, 0.15) is 18.9 Å². The van der Waals surface area contributed by atoms with E-state index >= 15 is 0 Å². The molecule has 2 N–H and O–H groups in total. The molecule has 1 atom stereocenters. The molecule has 1 unspecified atom stereocenters. The van der Waals surface area contributed by atoms with Crippen molar-refractivity contribution in [1.29, 1.82) is 0 Å². The van der Waals surface area contributed by atoms with Gasteiger partial charge in [0.05, 0.1) is 0 Å². The molecule has 152 valence electrons. The average molecular weight is 403 g/mol. The molecular formula is C21H20F3N3O2. The second-order valence-electron chi connectivity index (χ2n) is 6.86. The molecule has 2 aromatic rings. The van der Waals surface area contributed by atoms with Crippen LogP contribution in [0.3, 0.4) is 0 Å². The van der Waals surface area contributed by atoms with Gasteiger partial charge in [0.15, 0.2) is 0 Å². The maximum Gasteiger partial charge on any atom is 0.573 e. The molecule has 0 radical (unpaired) electrons. The number of carbonyl (C=O) groups is 1. The van der Waals surface area contributed by atoms with Crippen molar-refractivity contribution in [3.63, 3.8) is 0 Å². The molecule has 1 aromatic carbocycles. The van der Waals surface area contributed by atoms with E-state index in [2.05, 4.69) is 20.4 Å². The first-order valence-corrected chi connectivity index (χ1v) is 8.88. The molecule has 8 heteroatoms. The molecular weight excluding hydrogens is 383 g/mol. The zero-order chi connectivity index (χ0) is 21.1. The Morgan fingerprint density at radius 1 is 1.24 bits per heavy atom. The number of likely N-dealkylation sites (N-methyl/N-ethyl adjacent to an activating group) is 1. The number of hydrogen-bond donors (Lipinski definition) is 2. The van der Waals surface area contributed by atoms with Crippen molar-refractivity contribution in [3.8, 4) is 5.75 Å². The van der Waals surface area contributed by atoms with Gasteiger partial charge in [-0.2, -0.15) is 0 Å². The lowest BCUT2D eigenvalue weighted by Crippen LogP contribution is -2.28. The Morgan fingerprint density at radius 3 is 2.69 bits per heavy atom. The van der Waals surface area contributed by atoms with E-state index in [1.54, 1.807) is 31.5 Å². The van der Waals surface area contributed by atoms with Gasteiger partial charge in [-0.25, -0.2) is 4.98 Å². The molecule has 1 aliphatic carbocycles. The van der Waals surface area contributed by atoms with Gasteiger partial charge in [-0.3, -0.25) is 4.79 Å². The maximum atomic E-state index is 12.4. The van der Waals surface area contributed by atoms with Gasteiger partial charge in [-0.15, -0.1) is 13.2 Å². The van der Waals surface area contributed by atoms with E-state index in [1.807, 2.05) is 25.1 Å². The number of rotatable bonds is 5. The fourth-order valence-corrected chi connectivity index (χ4v) is 3.13. The van der Waals surface area contributed by atoms with Gasteiger partial charge < -0.3 is 15.4 Å². The molecule has 29 heavy (non-hydrogen) atoms. The first kappa shape index (κ1) is 20.4. The number of allylic oxidation sites excluding steroid dienone is 3. The second kappa shape index (κ2) is 7.98. The lowest BCUT2D eigenvalue weighted by Gasteiger charge is -2.29. The molecule has 1 heterocycles. The van der Waals surface area contributed by atoms with Crippen LogP contribution in [0, 0.1) is 0 Å². The Balaban J connectivity index is 1.73. The molecule has 0 aliphatic heterocycles. The van der Waals surface area contributed by atoms with Crippen molar-refractivity contribution in [2.45, 2.75) is 25.1 Å². The summed E-state index contributed by atoms with van der Waals surface area (Å²) in [5, 5.41) is 5.59. The number of hydrogen-bond acceptors (Lipinski definition) is 4. The molecule has 0 spiro atoms. The standard InChI is InChI=1S/C21H20F3N3O2/c1-20(10-4-5-14(12-20)19(28)25-2)15-8-9-18(26-13-15)27-16-6-3-7-17(11-16)29-21(22,23)24/h3-11,13H,12H2,1-2H3,(H,25,28)(H,26,27). The highest BCUT2D eigenvalue weighted by Gasteiger charge is 2.31. The van der Waals surface area contributed by atoms with E-state index in [-0.39, 0.29) is 17.1 Å². The Labute approximate surface area is 166 Å². The van der Waals surface area contributed by atoms with Gasteiger partial charge in [-0.05, 0) is 30.2 Å². The largest absolute Gasteiger partial charge is 0.573 e. The fourth-order valence-electron chi connectivity index (χ4n) is 3.13. The van der Waals surface area contributed by atoms with E-state index in [1.165, 1.54) is 18.2 Å². The smallest absolute Gasteiger partial charge is 0.406 e. The quantitative estimate of drug-likeness (QED) is 0.765. The van der Waals surface area contributed by atoms with Crippen LogP contribution < -0.4 is 15.4 Å². The molecule has 1 amide bonds. The van der Waals surface area contributed by atoms with Crippen molar-refractivity contribution in [1.82, 2.24) is 10.3 Å². The van der Waals surface area contributed by atoms with E-state index in [9.17, 15) is 18.0 Å². The molecule has 0 saturated carbocycles. The number of carbonyl (C=O) groups excluding carboxylic acids is 1. The van der Waals surface area contributed by atoms with Crippen LogP contribution in [0.4, 0.5) is 24.7 Å². The summed E-state index contributed by atoms with van der Waals surface area (Å²) >= 11 is 0. The summed E-state index contributed by atoms with van der Waals surface area (Å²) in [4.78, 5) is 16.3. The molecule has 3 rings (SSSR count). The maximum absolute atomic E-state index is 12.4. The summed E-state index contributed by atoms with van der Waals surface area (Å²) < 4.78 is 41.0. The number of anilines is 2. The summed E-state index contributed by atoms with van der Waals surface area (Å²) in [7, 11) is 1.59. The number of alkyl halides is 3. The second-order valence-corrected chi connectivity index (χ2v) is 6.86. The number of aromatic nitrogens is 1. The average Bonchev–Trinajstić information content (AvgIpc) is 2.67. The normalized spacial score (nSPS) is 18.7. The third kappa shape index (κ3) is 5.16. The molecule has 0 saturated heterocycles. The predicted octanol–water partition coefficient (Wildman–Crippen LogP) is 4.61. The summed E-state index contributed by atoms with van der Waals surface area (Å²) in [5.74, 6) is 0.0450. The summed E-state index contributed by atoms with van der Waals surface area (Å²) in [5.41, 5.74) is 1.63. The van der Waals surface area contributed by atoms with Gasteiger partial charge in [0.2, 0.25) is 5.91 Å². The molecule has 5 nitrogen and oxygen atoms in total. The lowest BCUT2D eigenvalue weighted by molar-refractivity contribution is -0.274. The van der Waals surface area contributed by atoms with Crippen LogP contribution in [-0.4, -0.2) is 24.3 Å². The number of ether oxygens (including phenoxy) is 1. The Morgan fingerprint density at radius 2 is 2.03 bits per heavy atom. The number of amides is 1. The van der Waals surface area contributed by atoms with Gasteiger partial charge >= 0.3 is 6.36 Å². The summed E-state index contributed by atoms with van der Waals surface area (Å²) in [6.45, 7) is 2.02. The zero-order valence-electron chi connectivity index (χ0n) is 15.9. The van der Waals surface area contributed by atoms with E-state index in [0.717, 1.165) is 5.56 Å². The van der Waals surface area contributed by atoms with Crippen LogP contribution >= 0.6 is 0 Å². The van der Waals surface area contributed by atoms with Crippen molar-refractivity contribution in [2.75, 3.05) is 12.4 Å². The first-order valence-electron chi connectivity index (χ1n) is 8.88. The number of nitrogens with zero attached hydrogens (tertiary/aromatic N) is 1. The monoisotopic (exact) mass is 403 g/mol. The number of halogens is 3. The first-order chi connectivity index (χ1) is 13.7. The van der Waals surface area contributed by atoms with Gasteiger partial charge in [0.25, 0.3) is 0 Å². The SMILES string of the molecule is CNC(=O)C1=CC=CC(C)(c2ccc(Nc3cccc(OC(F)(F)F)c3)nc2)C1. The van der Waals surface area contributed by atoms with Crippen molar-refractivity contribution >= 4 is 17.4 Å². The van der Waals surface area contributed by atoms with E-state index in [0.29, 0.717) is 23.5 Å². The van der Waals surface area contributed by atoms with Crippen molar-refractivity contribution < 1.29 is 22.7 Å². The third-order valence-electron chi connectivity index (χ3n) is 4.60. The summed E-state index contributed by atoms with van der Waals surface area (Å²) in [6.07, 6.45) is 3.14. The van der Waals surface area contributed by atoms with Crippen LogP contribution in [0.15, 0.2) is 66.4 Å². The Bertz CT molecular complexity index is 952. The zero-order valence-corrected chi connectivity index (χ0v) is 15.9. The number of benzene rings is 1. The highest BCUT2D eigenvalue weighted by molar-refractivity contribution is 5.94. The lowest BCUT2D eigenvalue weighted by atomic mass is 9.75. The minimum absolute atomic E-state index is 0.118. The van der Waals surface area contributed by atoms with Crippen LogP contribution in [0.5, 0.6) is 5.75 Å². The van der Waals surface area contributed by atoms with Crippen molar-refractivity contribution in [3.05, 3.63) is 72.0 Å². The minimum Gasteiger partial charge on any atom is -0.406 e. The van der Waals surface area contributed by atoms with Crippen LogP contribution in [-0.2, 0) is 10.2 Å². The van der Waals surface area contributed by atoms with Gasteiger partial charge in [0.1, 0.15) is 11.6 Å². The third-order valence-corrected chi connectivity index (χ3v) is 4.60. The van der Waals surface area contributed by atoms with E-state index in [4.69, 9.17) is 0 Å². The van der Waals surface area contributed by atoms with Gasteiger partial charge in [0, 0.05) is 36.0 Å². The topological polar surface area (TPSA) is 63.2 Å². The number of nitrogens with one attached hydrogen (secondary N) is 2. The van der Waals surface area contributed by atoms with Crippen molar-refractivity contribution in [2.24, 2.45) is 0 Å². The highest BCUT2D eigenvalue weighted by Crippen LogP contribution is 2.35. The highest BCUT2D eigenvalue weighted by atomic mass is 19.4. The van der Waals surface area contributed by atoms with Gasteiger partial charge in [-0.1, -0.05) is 37.3 Å². The fraction of sp³-hybridized carbons (Fsp3) is 0.238. The van der Waals surface area contributed by atoms with E-state index < -0.39 is 6.36 Å². The molecule has 0 fully saturated rings. The Hall–Kier alpha value is -3.29. The Kier molecular flexibility index (Phi) is 5.63. The summed E-state index contributed by atoms with van der Waals surface area (Å²) in [6, 6.07) is 9.16. The predicted molar refractivity (Wildman–Crippen MR) is 104 cm³/mol. The molecule has 0 bridgehead atoms. The molecule has 1 aromatic heterocycles. The number of pyridine rings is 1. The van der Waals surface area contributed by atoms with Crippen LogP contribution in [0.2, 0.25) is 0 Å². The van der Waals surface area contributed by atoms with Crippen LogP contribution in [0.25, 0.3) is 0 Å². The molecule has 1 aliphatic rings. The minimum atomic E-state index is -4.75.